The van der Waals surface area contributed by atoms with Crippen molar-refractivity contribution in [1.82, 2.24) is 4.90 Å². The van der Waals surface area contributed by atoms with Crippen LogP contribution in [0.5, 0.6) is 0 Å². The Bertz CT molecular complexity index is 1680. The van der Waals surface area contributed by atoms with Crippen LogP contribution in [0, 0.1) is 17.8 Å². The van der Waals surface area contributed by atoms with Crippen molar-refractivity contribution < 1.29 is 24.2 Å². The third-order valence-electron chi connectivity index (χ3n) is 10.3. The number of fused-ring (bicyclic) bond motifs is 1. The lowest BCUT2D eigenvalue weighted by Gasteiger charge is -2.39. The molecule has 1 spiro atoms. The van der Waals surface area contributed by atoms with Crippen LogP contribution in [-0.4, -0.2) is 64.7 Å². The predicted octanol–water partition coefficient (Wildman–Crippen LogP) is 5.82. The molecule has 9 heteroatoms. The lowest BCUT2D eigenvalue weighted by Crippen LogP contribution is -2.57. The van der Waals surface area contributed by atoms with Crippen LogP contribution < -0.4 is 9.80 Å². The maximum Gasteiger partial charge on any atom is 0.253 e. The molecular weight excluding hydrogens is 614 g/mol. The molecule has 3 aliphatic heterocycles. The SMILES string of the molecule is C=CCN(C(=O)[C@H]1[C@H]2C(=O)N([C@H](CO)c3ccccc3)C(C(=O)N(CC=C)c3ccccc3Cl)C23CC(C)[C@]1(C)O3)c1ccccc1. The molecule has 3 aromatic carbocycles. The van der Waals surface area contributed by atoms with E-state index in [0.29, 0.717) is 28.4 Å². The van der Waals surface area contributed by atoms with Crippen LogP contribution in [0.2, 0.25) is 5.02 Å². The summed E-state index contributed by atoms with van der Waals surface area (Å²) in [5.74, 6) is -3.14. The number of carbonyl (C=O) groups is 3. The summed E-state index contributed by atoms with van der Waals surface area (Å²) in [7, 11) is 0. The quantitative estimate of drug-likeness (QED) is 0.264. The number of aliphatic hydroxyl groups is 1. The third kappa shape index (κ3) is 5.10. The molecule has 244 valence electrons. The first-order chi connectivity index (χ1) is 22.6. The molecule has 2 bridgehead atoms. The third-order valence-corrected chi connectivity index (χ3v) is 10.6. The first-order valence-corrected chi connectivity index (χ1v) is 16.3. The first-order valence-electron chi connectivity index (χ1n) is 16.0. The van der Waals surface area contributed by atoms with Gasteiger partial charge < -0.3 is 24.5 Å². The van der Waals surface area contributed by atoms with Gasteiger partial charge in [-0.15, -0.1) is 13.2 Å². The first kappa shape index (κ1) is 32.7. The second kappa shape index (κ2) is 12.8. The Morgan fingerprint density at radius 2 is 1.57 bits per heavy atom. The molecule has 3 saturated heterocycles. The highest BCUT2D eigenvalue weighted by molar-refractivity contribution is 6.34. The Morgan fingerprint density at radius 1 is 0.979 bits per heavy atom. The number of rotatable bonds is 11. The number of likely N-dealkylation sites (tertiary alicyclic amines) is 1. The molecule has 6 rings (SSSR count). The molecule has 47 heavy (non-hydrogen) atoms. The number of benzene rings is 3. The van der Waals surface area contributed by atoms with E-state index >= 15 is 9.59 Å². The standard InChI is InChI=1S/C38H40ClN3O5/c1-5-21-40(27-17-11-8-12-18-27)34(44)31-32-35(45)42(30(24-43)26-15-9-7-10-16-26)33(38(32)23-25(3)37(31,4)47-38)36(46)41(22-6-2)29-20-14-13-19-28(29)39/h5-20,25,30-33,43H,1-2,21-24H2,3-4H3/t25?,30-,31-,32+,33?,37+,38?/m1/s1. The van der Waals surface area contributed by atoms with Crippen molar-refractivity contribution in [2.75, 3.05) is 29.5 Å². The summed E-state index contributed by atoms with van der Waals surface area (Å²) < 4.78 is 7.02. The fourth-order valence-electron chi connectivity index (χ4n) is 8.18. The van der Waals surface area contributed by atoms with Gasteiger partial charge in [-0.2, -0.15) is 0 Å². The Labute approximate surface area is 280 Å². The van der Waals surface area contributed by atoms with Crippen molar-refractivity contribution in [2.24, 2.45) is 17.8 Å². The lowest BCUT2D eigenvalue weighted by molar-refractivity contribution is -0.149. The lowest BCUT2D eigenvalue weighted by atomic mass is 9.62. The van der Waals surface area contributed by atoms with Crippen LogP contribution in [0.4, 0.5) is 11.4 Å². The summed E-state index contributed by atoms with van der Waals surface area (Å²) in [5, 5.41) is 11.3. The molecule has 3 amide bonds. The number of ether oxygens (including phenoxy) is 1. The highest BCUT2D eigenvalue weighted by atomic mass is 35.5. The molecule has 0 radical (unpaired) electrons. The van der Waals surface area contributed by atoms with Crippen molar-refractivity contribution in [3.63, 3.8) is 0 Å². The number of aliphatic hydroxyl groups excluding tert-OH is 1. The van der Waals surface area contributed by atoms with E-state index in [4.69, 9.17) is 16.3 Å². The average molecular weight is 654 g/mol. The largest absolute Gasteiger partial charge is 0.394 e. The Morgan fingerprint density at radius 3 is 2.19 bits per heavy atom. The van der Waals surface area contributed by atoms with E-state index in [1.54, 1.807) is 41.3 Å². The maximum atomic E-state index is 15.1. The minimum absolute atomic E-state index is 0.118. The number of amides is 3. The van der Waals surface area contributed by atoms with Crippen LogP contribution in [0.1, 0.15) is 31.9 Å². The summed E-state index contributed by atoms with van der Waals surface area (Å²) in [6, 6.07) is 23.4. The number of anilines is 2. The number of hydrogen-bond acceptors (Lipinski definition) is 5. The van der Waals surface area contributed by atoms with Crippen LogP contribution >= 0.6 is 11.6 Å². The highest BCUT2D eigenvalue weighted by Crippen LogP contribution is 2.66. The van der Waals surface area contributed by atoms with Crippen molar-refractivity contribution in [2.45, 2.75) is 43.6 Å². The van der Waals surface area contributed by atoms with Crippen molar-refractivity contribution in [1.29, 1.82) is 0 Å². The monoisotopic (exact) mass is 653 g/mol. The van der Waals surface area contributed by atoms with E-state index in [1.165, 1.54) is 9.80 Å². The van der Waals surface area contributed by atoms with Gasteiger partial charge in [0.2, 0.25) is 11.8 Å². The number of nitrogens with zero attached hydrogens (tertiary/aromatic N) is 3. The van der Waals surface area contributed by atoms with Crippen LogP contribution in [0.3, 0.4) is 0 Å². The number of para-hydroxylation sites is 2. The van der Waals surface area contributed by atoms with Gasteiger partial charge >= 0.3 is 0 Å². The smallest absolute Gasteiger partial charge is 0.253 e. The molecule has 0 aromatic heterocycles. The minimum atomic E-state index is -1.35. The molecule has 3 unspecified atom stereocenters. The topological polar surface area (TPSA) is 90.4 Å². The van der Waals surface area contributed by atoms with Gasteiger partial charge in [-0.05, 0) is 49.1 Å². The Balaban J connectivity index is 1.53. The fourth-order valence-corrected chi connectivity index (χ4v) is 8.42. The molecule has 8 nitrogen and oxygen atoms in total. The van der Waals surface area contributed by atoms with E-state index in [0.717, 1.165) is 0 Å². The summed E-state index contributed by atoms with van der Waals surface area (Å²) in [5.41, 5.74) is -0.575. The number of halogens is 1. The second-order valence-electron chi connectivity index (χ2n) is 12.8. The zero-order valence-corrected chi connectivity index (χ0v) is 27.4. The Hall–Kier alpha value is -4.24. The van der Waals surface area contributed by atoms with Gasteiger partial charge in [-0.25, -0.2) is 0 Å². The van der Waals surface area contributed by atoms with Gasteiger partial charge in [0.25, 0.3) is 5.91 Å². The van der Waals surface area contributed by atoms with Gasteiger partial charge in [-0.3, -0.25) is 14.4 Å². The normalized spacial score (nSPS) is 28.1. The summed E-state index contributed by atoms with van der Waals surface area (Å²) in [6.07, 6.45) is 3.64. The molecule has 1 N–H and O–H groups in total. The van der Waals surface area contributed by atoms with Crippen LogP contribution in [0.25, 0.3) is 0 Å². The van der Waals surface area contributed by atoms with Gasteiger partial charge in [0.15, 0.2) is 0 Å². The Kier molecular flexibility index (Phi) is 8.87. The summed E-state index contributed by atoms with van der Waals surface area (Å²) >= 11 is 6.64. The van der Waals surface area contributed by atoms with E-state index in [1.807, 2.05) is 74.5 Å². The van der Waals surface area contributed by atoms with Crippen LogP contribution in [0.15, 0.2) is 110 Å². The maximum absolute atomic E-state index is 15.1. The van der Waals surface area contributed by atoms with Crippen LogP contribution in [-0.2, 0) is 19.1 Å². The van der Waals surface area contributed by atoms with Gasteiger partial charge in [0, 0.05) is 18.8 Å². The molecule has 3 aromatic rings. The molecule has 7 atom stereocenters. The molecule has 3 fully saturated rings. The average Bonchev–Trinajstić information content (AvgIpc) is 3.60. The molecule has 0 aliphatic carbocycles. The fraction of sp³-hybridized carbons (Fsp3) is 0.342. The number of hydrogen-bond donors (Lipinski definition) is 1. The van der Waals surface area contributed by atoms with E-state index in [2.05, 4.69) is 13.2 Å². The van der Waals surface area contributed by atoms with Crippen molar-refractivity contribution in [3.05, 3.63) is 121 Å². The zero-order chi connectivity index (χ0) is 33.5. The predicted molar refractivity (Wildman–Crippen MR) is 183 cm³/mol. The molecule has 0 saturated carbocycles. The second-order valence-corrected chi connectivity index (χ2v) is 13.2. The van der Waals surface area contributed by atoms with Gasteiger partial charge in [0.05, 0.1) is 40.8 Å². The summed E-state index contributed by atoms with van der Waals surface area (Å²) in [6.45, 7) is 11.6. The van der Waals surface area contributed by atoms with E-state index in [9.17, 15) is 9.90 Å². The van der Waals surface area contributed by atoms with E-state index in [-0.39, 0.29) is 24.9 Å². The molecule has 3 aliphatic rings. The van der Waals surface area contributed by atoms with Gasteiger partial charge in [-0.1, -0.05) is 91.3 Å². The van der Waals surface area contributed by atoms with Gasteiger partial charge in [0.1, 0.15) is 11.6 Å². The van der Waals surface area contributed by atoms with Crippen molar-refractivity contribution >= 4 is 40.7 Å². The highest BCUT2D eigenvalue weighted by Gasteiger charge is 2.80. The van der Waals surface area contributed by atoms with E-state index < -0.39 is 53.5 Å². The molecule has 3 heterocycles. The summed E-state index contributed by atoms with van der Waals surface area (Å²) in [4.78, 5) is 49.6. The van der Waals surface area contributed by atoms with Crippen molar-refractivity contribution in [3.8, 4) is 0 Å². The zero-order valence-electron chi connectivity index (χ0n) is 26.7. The minimum Gasteiger partial charge on any atom is -0.394 e. The number of carbonyl (C=O) groups excluding carboxylic acids is 3. The molecular formula is C38H40ClN3O5.